The molecule has 3 N–H and O–H groups in total. The highest BCUT2D eigenvalue weighted by molar-refractivity contribution is 5.06. The van der Waals surface area contributed by atoms with Crippen LogP contribution in [-0.4, -0.2) is 9.97 Å². The summed E-state index contributed by atoms with van der Waals surface area (Å²) in [5.41, 5.74) is 7.19. The van der Waals surface area contributed by atoms with Crippen molar-refractivity contribution in [2.24, 2.45) is 5.73 Å². The maximum atomic E-state index is 6.09. The Morgan fingerprint density at radius 1 is 0.952 bits per heavy atom. The maximum Gasteiger partial charge on any atom is 0.106 e. The Kier molecular flexibility index (Phi) is 10.2. The molecule has 3 nitrogen and oxygen atoms in total. The summed E-state index contributed by atoms with van der Waals surface area (Å²) in [4.78, 5) is 7.84. The van der Waals surface area contributed by atoms with Gasteiger partial charge in [-0.2, -0.15) is 0 Å². The van der Waals surface area contributed by atoms with Crippen LogP contribution >= 0.6 is 0 Å². The molecule has 1 aromatic rings. The molecule has 0 saturated heterocycles. The molecule has 1 aromatic heterocycles. The van der Waals surface area contributed by atoms with E-state index < -0.39 is 0 Å². The summed E-state index contributed by atoms with van der Waals surface area (Å²) in [5.74, 6) is 1.11. The molecule has 3 heteroatoms. The molecular formula is C18H35N3. The number of nitrogens with two attached hydrogens (primary N) is 1. The van der Waals surface area contributed by atoms with Gasteiger partial charge in [0.15, 0.2) is 0 Å². The van der Waals surface area contributed by atoms with Gasteiger partial charge in [-0.1, -0.05) is 71.6 Å². The number of H-pyrrole nitrogens is 1. The van der Waals surface area contributed by atoms with Gasteiger partial charge in [0, 0.05) is 18.7 Å². The van der Waals surface area contributed by atoms with Crippen LogP contribution in [0.5, 0.6) is 0 Å². The summed E-state index contributed by atoms with van der Waals surface area (Å²) in [6.45, 7) is 4.44. The molecule has 0 aliphatic rings. The van der Waals surface area contributed by atoms with Crippen molar-refractivity contribution in [2.45, 2.75) is 96.9 Å². The van der Waals surface area contributed by atoms with Crippen molar-refractivity contribution >= 4 is 0 Å². The number of hydrogen-bond donors (Lipinski definition) is 2. The minimum Gasteiger partial charge on any atom is -0.345 e. The summed E-state index contributed by atoms with van der Waals surface area (Å²) in [5, 5.41) is 0. The quantitative estimate of drug-likeness (QED) is 0.486. The van der Waals surface area contributed by atoms with Crippen molar-refractivity contribution in [1.82, 2.24) is 9.97 Å². The number of hydrogen-bond acceptors (Lipinski definition) is 2. The third-order valence-electron chi connectivity index (χ3n) is 4.16. The van der Waals surface area contributed by atoms with Crippen LogP contribution in [0.4, 0.5) is 0 Å². The predicted octanol–water partition coefficient (Wildman–Crippen LogP) is 5.28. The van der Waals surface area contributed by atoms with Gasteiger partial charge in [0.05, 0.1) is 5.69 Å². The van der Waals surface area contributed by atoms with Crippen LogP contribution in [0.15, 0.2) is 6.20 Å². The van der Waals surface area contributed by atoms with Crippen molar-refractivity contribution in [2.75, 3.05) is 0 Å². The highest BCUT2D eigenvalue weighted by Crippen LogP contribution is 2.15. The van der Waals surface area contributed by atoms with Gasteiger partial charge in [0.2, 0.25) is 0 Å². The van der Waals surface area contributed by atoms with Crippen LogP contribution in [-0.2, 0) is 6.42 Å². The van der Waals surface area contributed by atoms with Crippen molar-refractivity contribution in [3.05, 3.63) is 17.7 Å². The standard InChI is InChI=1S/C18H35N3/c1-3-5-6-7-8-9-10-11-12-14-18-20-15-17(21-18)16(19)13-4-2/h15-16H,3-14,19H2,1-2H3,(H,20,21). The number of rotatable bonds is 13. The van der Waals surface area contributed by atoms with Crippen LogP contribution in [0.25, 0.3) is 0 Å². The van der Waals surface area contributed by atoms with E-state index in [0.29, 0.717) is 0 Å². The van der Waals surface area contributed by atoms with Gasteiger partial charge in [-0.05, 0) is 12.8 Å². The molecule has 0 aromatic carbocycles. The van der Waals surface area contributed by atoms with E-state index in [1.807, 2.05) is 6.20 Å². The van der Waals surface area contributed by atoms with E-state index in [1.165, 1.54) is 57.8 Å². The summed E-state index contributed by atoms with van der Waals surface area (Å²) < 4.78 is 0. The second kappa shape index (κ2) is 11.8. The zero-order chi connectivity index (χ0) is 15.3. The van der Waals surface area contributed by atoms with Gasteiger partial charge in [-0.25, -0.2) is 4.98 Å². The molecule has 0 amide bonds. The number of aromatic nitrogens is 2. The first-order valence-corrected chi connectivity index (χ1v) is 9.07. The molecule has 1 heterocycles. The molecule has 0 radical (unpaired) electrons. The second-order valence-corrected chi connectivity index (χ2v) is 6.26. The molecule has 1 atom stereocenters. The lowest BCUT2D eigenvalue weighted by Crippen LogP contribution is -2.10. The van der Waals surface area contributed by atoms with E-state index in [4.69, 9.17) is 5.73 Å². The van der Waals surface area contributed by atoms with Crippen LogP contribution in [0.3, 0.4) is 0 Å². The normalized spacial score (nSPS) is 12.7. The van der Waals surface area contributed by atoms with Crippen molar-refractivity contribution < 1.29 is 0 Å². The smallest absolute Gasteiger partial charge is 0.106 e. The van der Waals surface area contributed by atoms with E-state index in [2.05, 4.69) is 23.8 Å². The summed E-state index contributed by atoms with van der Waals surface area (Å²) in [7, 11) is 0. The van der Waals surface area contributed by atoms with E-state index in [9.17, 15) is 0 Å². The molecule has 0 fully saturated rings. The van der Waals surface area contributed by atoms with Gasteiger partial charge in [-0.15, -0.1) is 0 Å². The average Bonchev–Trinajstić information content (AvgIpc) is 2.95. The molecule has 0 spiro atoms. The molecule has 122 valence electrons. The monoisotopic (exact) mass is 293 g/mol. The lowest BCUT2D eigenvalue weighted by Gasteiger charge is -2.06. The minimum atomic E-state index is 0.124. The Bertz CT molecular complexity index is 346. The lowest BCUT2D eigenvalue weighted by molar-refractivity contribution is 0.562. The Labute approximate surface area is 131 Å². The number of aromatic amines is 1. The number of imidazole rings is 1. The number of nitrogens with one attached hydrogen (secondary N) is 1. The van der Waals surface area contributed by atoms with Crippen LogP contribution in [0.2, 0.25) is 0 Å². The van der Waals surface area contributed by atoms with Crippen LogP contribution < -0.4 is 5.73 Å². The Morgan fingerprint density at radius 3 is 2.19 bits per heavy atom. The van der Waals surface area contributed by atoms with Crippen molar-refractivity contribution in [3.8, 4) is 0 Å². The molecular weight excluding hydrogens is 258 g/mol. The predicted molar refractivity (Wildman–Crippen MR) is 91.4 cm³/mol. The van der Waals surface area contributed by atoms with E-state index in [1.54, 1.807) is 0 Å². The highest BCUT2D eigenvalue weighted by Gasteiger charge is 2.08. The number of nitrogens with zero attached hydrogens (tertiary/aromatic N) is 1. The first kappa shape index (κ1) is 18.2. The van der Waals surface area contributed by atoms with Crippen LogP contribution in [0.1, 0.15) is 102 Å². The van der Waals surface area contributed by atoms with E-state index in [0.717, 1.165) is 30.8 Å². The van der Waals surface area contributed by atoms with E-state index >= 15 is 0 Å². The van der Waals surface area contributed by atoms with Crippen molar-refractivity contribution in [1.29, 1.82) is 0 Å². The topological polar surface area (TPSA) is 54.7 Å². The largest absolute Gasteiger partial charge is 0.345 e. The Balaban J connectivity index is 2.03. The first-order chi connectivity index (χ1) is 10.3. The average molecular weight is 293 g/mol. The number of unbranched alkanes of at least 4 members (excludes halogenated alkanes) is 8. The summed E-state index contributed by atoms with van der Waals surface area (Å²) in [6, 6.07) is 0.124. The summed E-state index contributed by atoms with van der Waals surface area (Å²) >= 11 is 0. The zero-order valence-corrected chi connectivity index (χ0v) is 14.2. The molecule has 0 aliphatic carbocycles. The van der Waals surface area contributed by atoms with Crippen molar-refractivity contribution in [3.63, 3.8) is 0 Å². The van der Waals surface area contributed by atoms with Gasteiger partial charge >= 0.3 is 0 Å². The fourth-order valence-corrected chi connectivity index (χ4v) is 2.76. The second-order valence-electron chi connectivity index (χ2n) is 6.26. The molecule has 21 heavy (non-hydrogen) atoms. The highest BCUT2D eigenvalue weighted by atomic mass is 14.9. The zero-order valence-electron chi connectivity index (χ0n) is 14.2. The third kappa shape index (κ3) is 8.25. The SMILES string of the molecule is CCCCCCCCCCCc1ncc(C(N)CCC)[nH]1. The molecule has 0 saturated carbocycles. The van der Waals surface area contributed by atoms with E-state index in [-0.39, 0.29) is 6.04 Å². The van der Waals surface area contributed by atoms with Crippen LogP contribution in [0, 0.1) is 0 Å². The molecule has 1 rings (SSSR count). The summed E-state index contributed by atoms with van der Waals surface area (Å²) in [6.07, 6.45) is 17.5. The van der Waals surface area contributed by atoms with Gasteiger partial charge in [0.1, 0.15) is 5.82 Å². The molecule has 1 unspecified atom stereocenters. The third-order valence-corrected chi connectivity index (χ3v) is 4.16. The fraction of sp³-hybridized carbons (Fsp3) is 0.833. The van der Waals surface area contributed by atoms with Gasteiger partial charge in [-0.3, -0.25) is 0 Å². The minimum absolute atomic E-state index is 0.124. The Hall–Kier alpha value is -0.830. The first-order valence-electron chi connectivity index (χ1n) is 9.07. The van der Waals surface area contributed by atoms with Gasteiger partial charge < -0.3 is 10.7 Å². The Morgan fingerprint density at radius 2 is 1.57 bits per heavy atom. The lowest BCUT2D eigenvalue weighted by atomic mass is 10.1. The maximum absolute atomic E-state index is 6.09. The fourth-order valence-electron chi connectivity index (χ4n) is 2.76. The number of aryl methyl sites for hydroxylation is 1. The molecule has 0 aliphatic heterocycles. The molecule has 0 bridgehead atoms. The van der Waals surface area contributed by atoms with Gasteiger partial charge in [0.25, 0.3) is 0 Å².